The van der Waals surface area contributed by atoms with E-state index in [-0.39, 0.29) is 31.1 Å². The Bertz CT molecular complexity index is 1200. The van der Waals surface area contributed by atoms with Crippen LogP contribution in [0.3, 0.4) is 0 Å². The van der Waals surface area contributed by atoms with Crippen molar-refractivity contribution in [3.8, 4) is 0 Å². The Morgan fingerprint density at radius 1 is 0.200 bits per heavy atom. The van der Waals surface area contributed by atoms with Crippen LogP contribution >= 0.6 is 0 Å². The first-order chi connectivity index (χ1) is 39.5. The van der Waals surface area contributed by atoms with Crippen molar-refractivity contribution in [2.24, 2.45) is 0 Å². The molecule has 476 valence electrons. The van der Waals surface area contributed by atoms with E-state index in [1.165, 1.54) is 340 Å². The van der Waals surface area contributed by atoms with Crippen molar-refractivity contribution < 1.29 is 28.6 Å². The van der Waals surface area contributed by atoms with Gasteiger partial charge in [0.2, 0.25) is 0 Å². The lowest BCUT2D eigenvalue weighted by Gasteiger charge is -2.18. The summed E-state index contributed by atoms with van der Waals surface area (Å²) in [4.78, 5) is 38.3. The zero-order valence-corrected chi connectivity index (χ0v) is 54.9. The average Bonchev–Trinajstić information content (AvgIpc) is 3.46. The summed E-state index contributed by atoms with van der Waals surface area (Å²) in [6.07, 6.45) is 83.2. The topological polar surface area (TPSA) is 78.9 Å². The summed E-state index contributed by atoms with van der Waals surface area (Å²) in [7, 11) is 0. The van der Waals surface area contributed by atoms with E-state index in [1.807, 2.05) is 0 Å². The van der Waals surface area contributed by atoms with Crippen LogP contribution in [0.5, 0.6) is 0 Å². The molecule has 0 amide bonds. The molecule has 0 fully saturated rings. The van der Waals surface area contributed by atoms with Crippen molar-refractivity contribution in [1.82, 2.24) is 0 Å². The molecule has 0 spiro atoms. The van der Waals surface area contributed by atoms with Crippen LogP contribution < -0.4 is 0 Å². The van der Waals surface area contributed by atoms with Gasteiger partial charge in [-0.25, -0.2) is 0 Å². The van der Waals surface area contributed by atoms with Gasteiger partial charge < -0.3 is 14.2 Å². The highest BCUT2D eigenvalue weighted by atomic mass is 16.6. The second-order valence-corrected chi connectivity index (χ2v) is 25.6. The Labute approximate surface area is 501 Å². The van der Waals surface area contributed by atoms with Gasteiger partial charge in [-0.05, 0) is 19.3 Å². The van der Waals surface area contributed by atoms with Crippen molar-refractivity contribution in [2.75, 3.05) is 13.2 Å². The molecule has 0 saturated carbocycles. The maximum Gasteiger partial charge on any atom is 0.306 e. The summed E-state index contributed by atoms with van der Waals surface area (Å²) in [5.74, 6) is -0.827. The monoisotopic (exact) mass is 1130 g/mol. The van der Waals surface area contributed by atoms with Gasteiger partial charge in [0, 0.05) is 19.3 Å². The zero-order valence-electron chi connectivity index (χ0n) is 54.9. The minimum atomic E-state index is -0.762. The second-order valence-electron chi connectivity index (χ2n) is 25.6. The van der Waals surface area contributed by atoms with Crippen molar-refractivity contribution in [3.63, 3.8) is 0 Å². The number of esters is 3. The quantitative estimate of drug-likeness (QED) is 0.0343. The molecule has 6 nitrogen and oxygen atoms in total. The van der Waals surface area contributed by atoms with Gasteiger partial charge in [-0.2, -0.15) is 0 Å². The smallest absolute Gasteiger partial charge is 0.306 e. The molecular weight excluding hydrogens is 985 g/mol. The Morgan fingerprint density at radius 2 is 0.338 bits per heavy atom. The zero-order chi connectivity index (χ0) is 57.8. The Morgan fingerprint density at radius 3 is 0.500 bits per heavy atom. The first-order valence-corrected chi connectivity index (χ1v) is 37.0. The average molecular weight is 1130 g/mol. The van der Waals surface area contributed by atoms with Gasteiger partial charge in [0.05, 0.1) is 0 Å². The molecule has 1 unspecified atom stereocenters. The van der Waals surface area contributed by atoms with Gasteiger partial charge in [0.15, 0.2) is 6.10 Å². The molecule has 0 rings (SSSR count). The molecular formula is C74H144O6. The fourth-order valence-electron chi connectivity index (χ4n) is 11.8. The van der Waals surface area contributed by atoms with Crippen LogP contribution in [-0.4, -0.2) is 37.2 Å². The lowest BCUT2D eigenvalue weighted by Crippen LogP contribution is -2.30. The number of ether oxygens (including phenoxy) is 3. The number of hydrogen-bond donors (Lipinski definition) is 0. The first kappa shape index (κ1) is 78.4. The van der Waals surface area contributed by atoms with E-state index in [9.17, 15) is 14.4 Å². The maximum absolute atomic E-state index is 12.9. The number of carbonyl (C=O) groups is 3. The van der Waals surface area contributed by atoms with Crippen LogP contribution in [0.15, 0.2) is 0 Å². The molecule has 6 heteroatoms. The van der Waals surface area contributed by atoms with Gasteiger partial charge in [-0.1, -0.05) is 400 Å². The van der Waals surface area contributed by atoms with Crippen LogP contribution in [-0.2, 0) is 28.6 Å². The van der Waals surface area contributed by atoms with Crippen LogP contribution in [0.2, 0.25) is 0 Å². The third-order valence-electron chi connectivity index (χ3n) is 17.4. The summed E-state index contributed by atoms with van der Waals surface area (Å²) < 4.78 is 16.9. The molecule has 0 bridgehead atoms. The molecule has 1 atom stereocenters. The molecule has 0 aromatic carbocycles. The molecule has 0 aliphatic rings. The van der Waals surface area contributed by atoms with Gasteiger partial charge in [-0.15, -0.1) is 0 Å². The molecule has 0 aromatic rings. The fourth-order valence-corrected chi connectivity index (χ4v) is 11.8. The number of hydrogen-bond acceptors (Lipinski definition) is 6. The number of carbonyl (C=O) groups excluding carboxylic acids is 3. The SMILES string of the molecule is CCCCCCCCCCCCCCCCCCCCCCCCCCCCCCCCCCCCC(=O)OCC(COC(=O)CCCCCCCCCCC)OC(=O)CCCCCCCCCCCCCCCCCCCCC. The molecule has 0 N–H and O–H groups in total. The molecule has 80 heavy (non-hydrogen) atoms. The number of unbranched alkanes of at least 4 members (excludes halogenated alkanes) is 59. The van der Waals surface area contributed by atoms with E-state index in [4.69, 9.17) is 14.2 Å². The van der Waals surface area contributed by atoms with Gasteiger partial charge in [0.1, 0.15) is 13.2 Å². The van der Waals surface area contributed by atoms with Crippen LogP contribution in [0, 0.1) is 0 Å². The lowest BCUT2D eigenvalue weighted by molar-refractivity contribution is -0.167. The Kier molecular flexibility index (Phi) is 68.5. The van der Waals surface area contributed by atoms with Crippen LogP contribution in [0.25, 0.3) is 0 Å². The molecule has 0 aliphatic heterocycles. The van der Waals surface area contributed by atoms with Crippen LogP contribution in [0.1, 0.15) is 438 Å². The van der Waals surface area contributed by atoms with E-state index in [0.717, 1.165) is 57.8 Å². The van der Waals surface area contributed by atoms with Crippen molar-refractivity contribution in [2.45, 2.75) is 444 Å². The highest BCUT2D eigenvalue weighted by Gasteiger charge is 2.20. The highest BCUT2D eigenvalue weighted by Crippen LogP contribution is 2.20. The van der Waals surface area contributed by atoms with Gasteiger partial charge in [0.25, 0.3) is 0 Å². The van der Waals surface area contributed by atoms with Crippen molar-refractivity contribution >= 4 is 17.9 Å². The first-order valence-electron chi connectivity index (χ1n) is 37.0. The minimum Gasteiger partial charge on any atom is -0.462 e. The van der Waals surface area contributed by atoms with E-state index >= 15 is 0 Å². The number of rotatable bonds is 70. The predicted molar refractivity (Wildman–Crippen MR) is 349 cm³/mol. The third-order valence-corrected chi connectivity index (χ3v) is 17.4. The molecule has 0 radical (unpaired) electrons. The lowest BCUT2D eigenvalue weighted by atomic mass is 10.0. The van der Waals surface area contributed by atoms with Crippen molar-refractivity contribution in [3.05, 3.63) is 0 Å². The van der Waals surface area contributed by atoms with E-state index in [2.05, 4.69) is 20.8 Å². The largest absolute Gasteiger partial charge is 0.462 e. The summed E-state index contributed by atoms with van der Waals surface area (Å²) in [5.41, 5.74) is 0. The molecule has 0 heterocycles. The summed E-state index contributed by atoms with van der Waals surface area (Å²) >= 11 is 0. The summed E-state index contributed by atoms with van der Waals surface area (Å²) in [6, 6.07) is 0. The van der Waals surface area contributed by atoms with Gasteiger partial charge >= 0.3 is 17.9 Å². The predicted octanol–water partition coefficient (Wildman–Crippen LogP) is 25.4. The van der Waals surface area contributed by atoms with Crippen LogP contribution in [0.4, 0.5) is 0 Å². The maximum atomic E-state index is 12.9. The fraction of sp³-hybridized carbons (Fsp3) is 0.959. The minimum absolute atomic E-state index is 0.0608. The Balaban J connectivity index is 3.96. The second kappa shape index (κ2) is 69.9. The van der Waals surface area contributed by atoms with E-state index < -0.39 is 6.10 Å². The highest BCUT2D eigenvalue weighted by molar-refractivity contribution is 5.71. The molecule has 0 aromatic heterocycles. The summed E-state index contributed by atoms with van der Waals surface area (Å²) in [6.45, 7) is 6.72. The summed E-state index contributed by atoms with van der Waals surface area (Å²) in [5, 5.41) is 0. The Hall–Kier alpha value is -1.59. The van der Waals surface area contributed by atoms with E-state index in [1.54, 1.807) is 0 Å². The van der Waals surface area contributed by atoms with Crippen molar-refractivity contribution in [1.29, 1.82) is 0 Å². The van der Waals surface area contributed by atoms with Gasteiger partial charge in [-0.3, -0.25) is 14.4 Å². The molecule has 0 aliphatic carbocycles. The normalized spacial score (nSPS) is 11.9. The standard InChI is InChI=1S/C74H144O6/c1-4-7-10-13-16-19-21-23-25-27-29-30-31-32-33-34-35-36-37-38-39-40-41-42-43-45-46-48-50-52-55-58-61-64-67-73(76)79-70-71(69-78-72(75)66-63-60-57-54-18-15-12-9-6-3)80-74(77)68-65-62-59-56-53-51-49-47-44-28-26-24-22-20-17-14-11-8-5-2/h71H,4-70H2,1-3H3. The molecule has 0 saturated heterocycles. The third kappa shape index (κ3) is 67.2. The van der Waals surface area contributed by atoms with E-state index in [0.29, 0.717) is 19.3 Å².